The summed E-state index contributed by atoms with van der Waals surface area (Å²) in [6, 6.07) is 0. The third-order valence-electron chi connectivity index (χ3n) is 5.24. The minimum atomic E-state index is 0.876. The van der Waals surface area contributed by atoms with Crippen molar-refractivity contribution < 1.29 is 0 Å². The number of hydrogen-bond donors (Lipinski definition) is 1. The van der Waals surface area contributed by atoms with E-state index in [9.17, 15) is 0 Å². The van der Waals surface area contributed by atoms with Crippen molar-refractivity contribution in [3.63, 3.8) is 0 Å². The van der Waals surface area contributed by atoms with Crippen LogP contribution in [0.4, 0.5) is 0 Å². The van der Waals surface area contributed by atoms with Gasteiger partial charge in [-0.3, -0.25) is 0 Å². The smallest absolute Gasteiger partial charge is 0.00178 e. The van der Waals surface area contributed by atoms with Gasteiger partial charge in [0.25, 0.3) is 0 Å². The molecule has 0 aromatic carbocycles. The molecule has 4 unspecified atom stereocenters. The van der Waals surface area contributed by atoms with Crippen LogP contribution in [0.2, 0.25) is 0 Å². The Morgan fingerprint density at radius 1 is 1.11 bits per heavy atom. The van der Waals surface area contributed by atoms with Gasteiger partial charge in [-0.25, -0.2) is 0 Å². The van der Waals surface area contributed by atoms with Gasteiger partial charge in [0.1, 0.15) is 0 Å². The van der Waals surface area contributed by atoms with Crippen LogP contribution >= 0.6 is 0 Å². The molecule has 0 heterocycles. The lowest BCUT2D eigenvalue weighted by atomic mass is 9.66. The summed E-state index contributed by atoms with van der Waals surface area (Å²) in [4.78, 5) is 0. The maximum absolute atomic E-state index is 3.66. The van der Waals surface area contributed by atoms with Gasteiger partial charge in [-0.05, 0) is 68.4 Å². The molecule has 0 aromatic rings. The van der Waals surface area contributed by atoms with E-state index in [1.165, 1.54) is 45.2 Å². The molecule has 0 amide bonds. The van der Waals surface area contributed by atoms with Crippen molar-refractivity contribution in [2.75, 3.05) is 13.1 Å². The molecule has 1 fully saturated rings. The largest absolute Gasteiger partial charge is 0.316 e. The first-order valence-corrected chi connectivity index (χ1v) is 8.30. The molecule has 1 heteroatoms. The summed E-state index contributed by atoms with van der Waals surface area (Å²) in [6.45, 7) is 14.4. The summed E-state index contributed by atoms with van der Waals surface area (Å²) in [7, 11) is 0. The Bertz CT molecular complexity index is 212. The van der Waals surface area contributed by atoms with Crippen LogP contribution in [-0.2, 0) is 0 Å². The highest BCUT2D eigenvalue weighted by Crippen LogP contribution is 2.41. The highest BCUT2D eigenvalue weighted by atomic mass is 14.9. The van der Waals surface area contributed by atoms with E-state index in [0.717, 1.165) is 29.6 Å². The Hall–Kier alpha value is -0.0400. The lowest BCUT2D eigenvalue weighted by Crippen LogP contribution is -2.37. The number of hydrogen-bond acceptors (Lipinski definition) is 1. The predicted molar refractivity (Wildman–Crippen MR) is 81.8 cm³/mol. The van der Waals surface area contributed by atoms with Crippen LogP contribution in [0.15, 0.2) is 0 Å². The van der Waals surface area contributed by atoms with Crippen molar-refractivity contribution in [1.29, 1.82) is 0 Å². The summed E-state index contributed by atoms with van der Waals surface area (Å²) in [5.41, 5.74) is 0. The fourth-order valence-corrected chi connectivity index (χ4v) is 3.62. The van der Waals surface area contributed by atoms with Crippen LogP contribution in [0.25, 0.3) is 0 Å². The lowest BCUT2D eigenvalue weighted by molar-refractivity contribution is 0.102. The highest BCUT2D eigenvalue weighted by Gasteiger charge is 2.33. The first-order valence-electron chi connectivity index (χ1n) is 8.30. The molecule has 108 valence electrons. The molecule has 1 N–H and O–H groups in total. The summed E-state index contributed by atoms with van der Waals surface area (Å²) in [5, 5.41) is 3.66. The second-order valence-electron chi connectivity index (χ2n) is 6.83. The van der Waals surface area contributed by atoms with E-state index in [4.69, 9.17) is 0 Å². The maximum atomic E-state index is 3.66. The Kier molecular flexibility index (Phi) is 7.29. The third kappa shape index (κ3) is 4.57. The molecule has 1 rings (SSSR count). The van der Waals surface area contributed by atoms with E-state index in [0.29, 0.717) is 0 Å². The molecule has 0 aliphatic heterocycles. The first kappa shape index (κ1) is 16.0. The van der Waals surface area contributed by atoms with E-state index < -0.39 is 0 Å². The van der Waals surface area contributed by atoms with Crippen molar-refractivity contribution >= 4 is 0 Å². The van der Waals surface area contributed by atoms with E-state index in [-0.39, 0.29) is 0 Å². The zero-order valence-corrected chi connectivity index (χ0v) is 13.3. The van der Waals surface area contributed by atoms with Crippen LogP contribution in [0.5, 0.6) is 0 Å². The predicted octanol–water partition coefficient (Wildman–Crippen LogP) is 4.72. The van der Waals surface area contributed by atoms with Crippen LogP contribution in [-0.4, -0.2) is 13.1 Å². The van der Waals surface area contributed by atoms with Gasteiger partial charge in [0.05, 0.1) is 0 Å². The fourth-order valence-electron chi connectivity index (χ4n) is 3.62. The molecule has 1 nitrogen and oxygen atoms in total. The summed E-state index contributed by atoms with van der Waals surface area (Å²) >= 11 is 0. The van der Waals surface area contributed by atoms with Crippen molar-refractivity contribution in [3.8, 4) is 0 Å². The molecule has 0 saturated heterocycles. The molecule has 1 saturated carbocycles. The molecule has 0 radical (unpaired) electrons. The average Bonchev–Trinajstić information content (AvgIpc) is 2.38. The molecule has 0 spiro atoms. The van der Waals surface area contributed by atoms with Crippen LogP contribution in [0, 0.1) is 29.6 Å². The zero-order chi connectivity index (χ0) is 13.5. The van der Waals surface area contributed by atoms with Gasteiger partial charge < -0.3 is 5.32 Å². The summed E-state index contributed by atoms with van der Waals surface area (Å²) in [6.07, 6.45) is 7.00. The van der Waals surface area contributed by atoms with Gasteiger partial charge in [0, 0.05) is 0 Å². The van der Waals surface area contributed by atoms with Gasteiger partial charge in [-0.15, -0.1) is 0 Å². The second kappa shape index (κ2) is 8.19. The summed E-state index contributed by atoms with van der Waals surface area (Å²) in [5.74, 6) is 4.65. The fraction of sp³-hybridized carbons (Fsp3) is 1.00. The highest BCUT2D eigenvalue weighted by molar-refractivity contribution is 4.85. The summed E-state index contributed by atoms with van der Waals surface area (Å²) < 4.78 is 0. The minimum absolute atomic E-state index is 0.876. The van der Waals surface area contributed by atoms with E-state index in [1.54, 1.807) is 0 Å². The first-order chi connectivity index (χ1) is 8.60. The average molecular weight is 253 g/mol. The molecule has 0 bridgehead atoms. The molecule has 1 aliphatic rings. The normalized spacial score (nSPS) is 30.7. The maximum Gasteiger partial charge on any atom is -0.00178 e. The van der Waals surface area contributed by atoms with Gasteiger partial charge in [-0.2, -0.15) is 0 Å². The van der Waals surface area contributed by atoms with Gasteiger partial charge in [0.15, 0.2) is 0 Å². The molecular formula is C17H35N. The third-order valence-corrected chi connectivity index (χ3v) is 5.24. The quantitative estimate of drug-likeness (QED) is 0.647. The molecule has 18 heavy (non-hydrogen) atoms. The topological polar surface area (TPSA) is 12.0 Å². The van der Waals surface area contributed by atoms with Crippen LogP contribution < -0.4 is 5.32 Å². The Morgan fingerprint density at radius 3 is 2.39 bits per heavy atom. The molecular weight excluding hydrogens is 218 g/mol. The second-order valence-corrected chi connectivity index (χ2v) is 6.83. The molecule has 1 aliphatic carbocycles. The van der Waals surface area contributed by atoms with Gasteiger partial charge >= 0.3 is 0 Å². The van der Waals surface area contributed by atoms with Crippen molar-refractivity contribution in [3.05, 3.63) is 0 Å². The SMILES string of the molecule is CCCNCC1CCC(C(C)C)CC1C(C)CC. The minimum Gasteiger partial charge on any atom is -0.316 e. The number of nitrogens with one attached hydrogen (secondary N) is 1. The monoisotopic (exact) mass is 253 g/mol. The number of rotatable bonds is 7. The van der Waals surface area contributed by atoms with Crippen molar-refractivity contribution in [2.24, 2.45) is 29.6 Å². The van der Waals surface area contributed by atoms with Crippen molar-refractivity contribution in [2.45, 2.75) is 66.7 Å². The van der Waals surface area contributed by atoms with Crippen molar-refractivity contribution in [1.82, 2.24) is 5.32 Å². The molecule has 0 aromatic heterocycles. The van der Waals surface area contributed by atoms with E-state index in [1.807, 2.05) is 0 Å². The van der Waals surface area contributed by atoms with Gasteiger partial charge in [0.2, 0.25) is 0 Å². The molecule has 4 atom stereocenters. The van der Waals surface area contributed by atoms with Crippen LogP contribution in [0.1, 0.15) is 66.7 Å². The lowest BCUT2D eigenvalue weighted by Gasteiger charge is -2.41. The van der Waals surface area contributed by atoms with Crippen LogP contribution in [0.3, 0.4) is 0 Å². The van der Waals surface area contributed by atoms with E-state index in [2.05, 4.69) is 39.9 Å². The Morgan fingerprint density at radius 2 is 1.83 bits per heavy atom. The van der Waals surface area contributed by atoms with Gasteiger partial charge in [-0.1, -0.05) is 41.0 Å². The van der Waals surface area contributed by atoms with E-state index >= 15 is 0 Å². The Labute approximate surface area is 115 Å². The zero-order valence-electron chi connectivity index (χ0n) is 13.3. The standard InChI is InChI=1S/C17H35N/c1-6-10-18-12-16-9-8-15(13(3)4)11-17(16)14(5)7-2/h13-18H,6-12H2,1-5H3. The Balaban J connectivity index is 2.54.